The predicted octanol–water partition coefficient (Wildman–Crippen LogP) is 1.54. The summed E-state index contributed by atoms with van der Waals surface area (Å²) in [6, 6.07) is 9.11. The van der Waals surface area contributed by atoms with Crippen LogP contribution >= 0.6 is 0 Å². The molecule has 0 radical (unpaired) electrons. The highest BCUT2D eigenvalue weighted by molar-refractivity contribution is 7.89. The first kappa shape index (κ1) is 21.8. The number of nitrogens with one attached hydrogen (secondary N) is 1. The van der Waals surface area contributed by atoms with Gasteiger partial charge in [-0.25, -0.2) is 12.7 Å². The van der Waals surface area contributed by atoms with Gasteiger partial charge >= 0.3 is 0 Å². The van der Waals surface area contributed by atoms with Crippen molar-refractivity contribution in [2.75, 3.05) is 25.4 Å². The van der Waals surface area contributed by atoms with E-state index in [0.29, 0.717) is 51.7 Å². The van der Waals surface area contributed by atoms with Gasteiger partial charge in [0.1, 0.15) is 6.04 Å². The van der Waals surface area contributed by atoms with Gasteiger partial charge in [0.05, 0.1) is 12.2 Å². The summed E-state index contributed by atoms with van der Waals surface area (Å²) in [7, 11) is -3.18. The van der Waals surface area contributed by atoms with Crippen LogP contribution in [0.15, 0.2) is 30.3 Å². The van der Waals surface area contributed by atoms with Crippen LogP contribution in [-0.2, 0) is 26.0 Å². The van der Waals surface area contributed by atoms with E-state index in [0.717, 1.165) is 12.0 Å². The number of rotatable bonds is 7. The number of amides is 2. The van der Waals surface area contributed by atoms with Crippen molar-refractivity contribution in [2.24, 2.45) is 0 Å². The normalized spacial score (nSPS) is 21.3. The maximum absolute atomic E-state index is 12.8. The molecule has 8 heteroatoms. The Hall–Kier alpha value is -1.93. The molecule has 2 amide bonds. The Morgan fingerprint density at radius 3 is 2.41 bits per heavy atom. The number of nitrogens with zero attached hydrogens (tertiary/aromatic N) is 2. The smallest absolute Gasteiger partial charge is 0.243 e. The van der Waals surface area contributed by atoms with Crippen LogP contribution in [0, 0.1) is 0 Å². The van der Waals surface area contributed by atoms with Crippen molar-refractivity contribution in [1.29, 1.82) is 0 Å². The van der Waals surface area contributed by atoms with Crippen molar-refractivity contribution in [2.45, 2.75) is 57.5 Å². The summed E-state index contributed by atoms with van der Waals surface area (Å²) in [6.45, 7) is 3.34. The fourth-order valence-corrected chi connectivity index (χ4v) is 5.71. The number of piperidine rings is 1. The van der Waals surface area contributed by atoms with Crippen LogP contribution in [-0.4, -0.2) is 66.9 Å². The van der Waals surface area contributed by atoms with Gasteiger partial charge in [-0.05, 0) is 37.7 Å². The lowest BCUT2D eigenvalue weighted by molar-refractivity contribution is -0.138. The fraction of sp³-hybridized carbons (Fsp3) is 0.619. The third kappa shape index (κ3) is 5.57. The Morgan fingerprint density at radius 2 is 1.76 bits per heavy atom. The molecule has 29 heavy (non-hydrogen) atoms. The van der Waals surface area contributed by atoms with Gasteiger partial charge in [0.25, 0.3) is 0 Å². The second-order valence-corrected chi connectivity index (χ2v) is 9.99. The molecule has 3 rings (SSSR count). The van der Waals surface area contributed by atoms with E-state index in [4.69, 9.17) is 0 Å². The van der Waals surface area contributed by atoms with Gasteiger partial charge in [0.15, 0.2) is 0 Å². The number of benzene rings is 1. The molecule has 2 aliphatic heterocycles. The Balaban J connectivity index is 1.52. The Kier molecular flexibility index (Phi) is 7.29. The van der Waals surface area contributed by atoms with Crippen LogP contribution in [0.1, 0.15) is 44.6 Å². The molecule has 1 aromatic carbocycles. The summed E-state index contributed by atoms with van der Waals surface area (Å²) >= 11 is 0. The number of likely N-dealkylation sites (tertiary alicyclic amines) is 1. The van der Waals surface area contributed by atoms with E-state index in [1.54, 1.807) is 4.90 Å². The standard InChI is InChI=1S/C21H31N3O4S/c1-2-15-29(27,28)23-13-10-18(11-14-23)22-21(26)19-9-6-12-24(19)20(25)16-17-7-4-3-5-8-17/h3-5,7-8,18-19H,2,6,9-16H2,1H3,(H,22,26). The Labute approximate surface area is 173 Å². The molecular formula is C21H31N3O4S. The highest BCUT2D eigenvalue weighted by Crippen LogP contribution is 2.21. The maximum Gasteiger partial charge on any atom is 0.243 e. The molecule has 0 aromatic heterocycles. The average Bonchev–Trinajstić information content (AvgIpc) is 3.19. The van der Waals surface area contributed by atoms with Crippen molar-refractivity contribution in [3.63, 3.8) is 0 Å². The molecule has 2 fully saturated rings. The molecule has 1 aromatic rings. The molecule has 0 aliphatic carbocycles. The molecular weight excluding hydrogens is 390 g/mol. The van der Waals surface area contributed by atoms with Crippen molar-refractivity contribution < 1.29 is 18.0 Å². The van der Waals surface area contributed by atoms with E-state index in [1.807, 2.05) is 37.3 Å². The predicted molar refractivity (Wildman–Crippen MR) is 112 cm³/mol. The zero-order valence-electron chi connectivity index (χ0n) is 17.0. The van der Waals surface area contributed by atoms with Gasteiger partial charge in [-0.3, -0.25) is 9.59 Å². The van der Waals surface area contributed by atoms with Crippen LogP contribution in [0.25, 0.3) is 0 Å². The summed E-state index contributed by atoms with van der Waals surface area (Å²) in [5, 5.41) is 3.06. The lowest BCUT2D eigenvalue weighted by Gasteiger charge is -2.33. The minimum atomic E-state index is -3.18. The van der Waals surface area contributed by atoms with E-state index in [2.05, 4.69) is 5.32 Å². The minimum Gasteiger partial charge on any atom is -0.351 e. The third-order valence-corrected chi connectivity index (χ3v) is 7.81. The highest BCUT2D eigenvalue weighted by Gasteiger charge is 2.35. The molecule has 7 nitrogen and oxygen atoms in total. The van der Waals surface area contributed by atoms with Crippen LogP contribution in [0.3, 0.4) is 0 Å². The largest absolute Gasteiger partial charge is 0.351 e. The third-order valence-electron chi connectivity index (χ3n) is 5.73. The lowest BCUT2D eigenvalue weighted by Crippen LogP contribution is -2.52. The van der Waals surface area contributed by atoms with Crippen molar-refractivity contribution in [3.05, 3.63) is 35.9 Å². The zero-order chi connectivity index (χ0) is 20.9. The average molecular weight is 422 g/mol. The first-order valence-corrected chi connectivity index (χ1v) is 12.1. The van der Waals surface area contributed by atoms with E-state index in [-0.39, 0.29) is 23.6 Å². The first-order valence-electron chi connectivity index (χ1n) is 10.5. The SMILES string of the molecule is CCCS(=O)(=O)N1CCC(NC(=O)C2CCCN2C(=O)Cc2ccccc2)CC1. The van der Waals surface area contributed by atoms with Gasteiger partial charge in [-0.15, -0.1) is 0 Å². The van der Waals surface area contributed by atoms with Gasteiger partial charge < -0.3 is 10.2 Å². The summed E-state index contributed by atoms with van der Waals surface area (Å²) in [6.07, 6.45) is 3.63. The van der Waals surface area contributed by atoms with Gasteiger partial charge in [-0.2, -0.15) is 0 Å². The summed E-state index contributed by atoms with van der Waals surface area (Å²) < 4.78 is 25.9. The molecule has 1 atom stereocenters. The van der Waals surface area contributed by atoms with Crippen LogP contribution in [0.4, 0.5) is 0 Å². The Bertz CT molecular complexity index is 804. The van der Waals surface area contributed by atoms with E-state index in [1.165, 1.54) is 4.31 Å². The number of hydrogen-bond acceptors (Lipinski definition) is 4. The summed E-state index contributed by atoms with van der Waals surface area (Å²) in [5.74, 6) is 0.0398. The molecule has 0 bridgehead atoms. The number of carbonyl (C=O) groups is 2. The van der Waals surface area contributed by atoms with Crippen LogP contribution < -0.4 is 5.32 Å². The molecule has 0 saturated carbocycles. The van der Waals surface area contributed by atoms with Gasteiger partial charge in [0, 0.05) is 25.7 Å². The molecule has 2 heterocycles. The molecule has 1 N–H and O–H groups in total. The number of carbonyl (C=O) groups excluding carboxylic acids is 2. The summed E-state index contributed by atoms with van der Waals surface area (Å²) in [5.41, 5.74) is 0.948. The monoisotopic (exact) mass is 421 g/mol. The van der Waals surface area contributed by atoms with Gasteiger partial charge in [-0.1, -0.05) is 37.3 Å². The van der Waals surface area contributed by atoms with Crippen molar-refractivity contribution >= 4 is 21.8 Å². The van der Waals surface area contributed by atoms with E-state index < -0.39 is 16.1 Å². The summed E-state index contributed by atoms with van der Waals surface area (Å²) in [4.78, 5) is 27.2. The topological polar surface area (TPSA) is 86.8 Å². The number of hydrogen-bond donors (Lipinski definition) is 1. The molecule has 0 spiro atoms. The zero-order valence-corrected chi connectivity index (χ0v) is 17.9. The molecule has 2 aliphatic rings. The minimum absolute atomic E-state index is 0.0191. The molecule has 2 saturated heterocycles. The van der Waals surface area contributed by atoms with E-state index >= 15 is 0 Å². The highest BCUT2D eigenvalue weighted by atomic mass is 32.2. The second-order valence-electron chi connectivity index (χ2n) is 7.91. The van der Waals surface area contributed by atoms with Crippen LogP contribution in [0.5, 0.6) is 0 Å². The van der Waals surface area contributed by atoms with Crippen LogP contribution in [0.2, 0.25) is 0 Å². The molecule has 1 unspecified atom stereocenters. The lowest BCUT2D eigenvalue weighted by atomic mass is 10.1. The van der Waals surface area contributed by atoms with E-state index in [9.17, 15) is 18.0 Å². The quantitative estimate of drug-likeness (QED) is 0.724. The Morgan fingerprint density at radius 1 is 1.07 bits per heavy atom. The first-order chi connectivity index (χ1) is 13.9. The fourth-order valence-electron chi connectivity index (χ4n) is 4.17. The van der Waals surface area contributed by atoms with Gasteiger partial charge in [0.2, 0.25) is 21.8 Å². The maximum atomic E-state index is 12.8. The van der Waals surface area contributed by atoms with Crippen molar-refractivity contribution in [3.8, 4) is 0 Å². The number of sulfonamides is 1. The van der Waals surface area contributed by atoms with Crippen molar-refractivity contribution in [1.82, 2.24) is 14.5 Å². The molecule has 160 valence electrons. The second kappa shape index (κ2) is 9.71.